The van der Waals surface area contributed by atoms with Crippen molar-refractivity contribution in [3.63, 3.8) is 0 Å². The van der Waals surface area contributed by atoms with E-state index in [9.17, 15) is 4.79 Å². The summed E-state index contributed by atoms with van der Waals surface area (Å²) in [5.41, 5.74) is 2.44. The summed E-state index contributed by atoms with van der Waals surface area (Å²) in [6.45, 7) is 0. The standard InChI is InChI=1S/C15H9Cl2NO2/c16-7-1-3-9-10(5-7)15(19)18-13-11-6-8(17)2-4-12(11)20-14(9)13/h1-6,10,12H,(H,18,19). The van der Waals surface area contributed by atoms with E-state index in [0.29, 0.717) is 21.5 Å². The lowest BCUT2D eigenvalue weighted by Crippen LogP contribution is -2.36. The lowest BCUT2D eigenvalue weighted by Gasteiger charge is -2.25. The number of rotatable bonds is 0. The third kappa shape index (κ3) is 1.63. The van der Waals surface area contributed by atoms with Crippen molar-refractivity contribution < 1.29 is 9.53 Å². The third-order valence-electron chi connectivity index (χ3n) is 3.67. The SMILES string of the molecule is O=C1NC2=C3C=C(Cl)C=CC3OC2=C2C=CC(Cl)=CC12. The van der Waals surface area contributed by atoms with Gasteiger partial charge in [0, 0.05) is 21.2 Å². The van der Waals surface area contributed by atoms with E-state index in [1.54, 1.807) is 18.2 Å². The summed E-state index contributed by atoms with van der Waals surface area (Å²) in [5.74, 6) is 0.214. The molecule has 2 heterocycles. The molecule has 0 fully saturated rings. The fourth-order valence-electron chi connectivity index (χ4n) is 2.75. The fraction of sp³-hybridized carbons (Fsp3) is 0.133. The number of fused-ring (bicyclic) bond motifs is 3. The van der Waals surface area contributed by atoms with Gasteiger partial charge in [0.25, 0.3) is 0 Å². The minimum atomic E-state index is -0.393. The van der Waals surface area contributed by atoms with Crippen molar-refractivity contribution in [3.8, 4) is 0 Å². The normalized spacial score (nSPS) is 30.2. The Hall–Kier alpha value is -1.71. The summed E-state index contributed by atoms with van der Waals surface area (Å²) >= 11 is 12.0. The zero-order valence-corrected chi connectivity index (χ0v) is 11.7. The molecule has 0 radical (unpaired) electrons. The monoisotopic (exact) mass is 305 g/mol. The molecule has 0 spiro atoms. The molecular formula is C15H9Cl2NO2. The molecule has 2 aliphatic carbocycles. The van der Waals surface area contributed by atoms with E-state index in [2.05, 4.69) is 5.32 Å². The zero-order valence-electron chi connectivity index (χ0n) is 10.2. The molecule has 20 heavy (non-hydrogen) atoms. The van der Waals surface area contributed by atoms with Crippen LogP contribution in [-0.2, 0) is 9.53 Å². The van der Waals surface area contributed by atoms with Crippen molar-refractivity contribution in [2.24, 2.45) is 5.92 Å². The van der Waals surface area contributed by atoms with Crippen LogP contribution in [0.5, 0.6) is 0 Å². The summed E-state index contributed by atoms with van der Waals surface area (Å²) in [6.07, 6.45) is 10.7. The fourth-order valence-corrected chi connectivity index (χ4v) is 3.13. The Kier molecular flexibility index (Phi) is 2.50. The highest BCUT2D eigenvalue weighted by molar-refractivity contribution is 6.32. The van der Waals surface area contributed by atoms with Gasteiger partial charge < -0.3 is 10.1 Å². The van der Waals surface area contributed by atoms with E-state index in [1.165, 1.54) is 0 Å². The van der Waals surface area contributed by atoms with Crippen LogP contribution in [0.3, 0.4) is 0 Å². The Morgan fingerprint density at radius 1 is 1.10 bits per heavy atom. The van der Waals surface area contributed by atoms with Gasteiger partial charge in [0.1, 0.15) is 11.9 Å². The van der Waals surface area contributed by atoms with E-state index in [0.717, 1.165) is 11.1 Å². The third-order valence-corrected chi connectivity index (χ3v) is 4.15. The predicted molar refractivity (Wildman–Crippen MR) is 76.7 cm³/mol. The predicted octanol–water partition coefficient (Wildman–Crippen LogP) is 3.02. The van der Waals surface area contributed by atoms with E-state index in [1.807, 2.05) is 18.2 Å². The number of nitrogens with one attached hydrogen (secondary N) is 1. The summed E-state index contributed by atoms with van der Waals surface area (Å²) in [6, 6.07) is 0. The van der Waals surface area contributed by atoms with Gasteiger partial charge in [-0.05, 0) is 30.4 Å². The first-order valence-electron chi connectivity index (χ1n) is 6.20. The molecule has 2 unspecified atom stereocenters. The molecule has 0 aromatic carbocycles. The van der Waals surface area contributed by atoms with Crippen molar-refractivity contribution in [1.82, 2.24) is 5.32 Å². The highest BCUT2D eigenvalue weighted by Gasteiger charge is 2.40. The maximum Gasteiger partial charge on any atom is 0.236 e. The largest absolute Gasteiger partial charge is 0.479 e. The van der Waals surface area contributed by atoms with E-state index >= 15 is 0 Å². The molecule has 4 rings (SSSR count). The number of ether oxygens (including phenoxy) is 1. The van der Waals surface area contributed by atoms with Crippen LogP contribution in [0.15, 0.2) is 69.1 Å². The first kappa shape index (κ1) is 12.1. The molecule has 0 saturated carbocycles. The number of carbonyl (C=O) groups excluding carboxylic acids is 1. The van der Waals surface area contributed by atoms with Crippen molar-refractivity contribution in [1.29, 1.82) is 0 Å². The van der Waals surface area contributed by atoms with Crippen LogP contribution in [0.1, 0.15) is 0 Å². The van der Waals surface area contributed by atoms with E-state index in [4.69, 9.17) is 27.9 Å². The Labute approximate surface area is 125 Å². The van der Waals surface area contributed by atoms with Gasteiger partial charge in [-0.15, -0.1) is 0 Å². The molecule has 5 heteroatoms. The number of hydrogen-bond donors (Lipinski definition) is 1. The summed E-state index contributed by atoms with van der Waals surface area (Å²) in [4.78, 5) is 12.2. The van der Waals surface area contributed by atoms with Crippen LogP contribution in [0.4, 0.5) is 0 Å². The minimum Gasteiger partial charge on any atom is -0.479 e. The van der Waals surface area contributed by atoms with E-state index in [-0.39, 0.29) is 12.0 Å². The van der Waals surface area contributed by atoms with Gasteiger partial charge >= 0.3 is 0 Å². The molecule has 0 aromatic rings. The van der Waals surface area contributed by atoms with Gasteiger partial charge in [0.2, 0.25) is 5.91 Å². The molecule has 3 nitrogen and oxygen atoms in total. The Balaban J connectivity index is 1.91. The molecule has 0 aromatic heterocycles. The molecule has 1 amide bonds. The second-order valence-corrected chi connectivity index (χ2v) is 5.77. The molecule has 0 saturated heterocycles. The Bertz CT molecular complexity index is 722. The molecule has 4 aliphatic rings. The Morgan fingerprint density at radius 2 is 1.95 bits per heavy atom. The van der Waals surface area contributed by atoms with E-state index < -0.39 is 5.92 Å². The van der Waals surface area contributed by atoms with Crippen molar-refractivity contribution in [2.45, 2.75) is 6.10 Å². The number of carbonyl (C=O) groups is 1. The first-order valence-corrected chi connectivity index (χ1v) is 6.96. The molecular weight excluding hydrogens is 297 g/mol. The van der Waals surface area contributed by atoms with Crippen molar-refractivity contribution >= 4 is 29.1 Å². The molecule has 2 aliphatic heterocycles. The molecule has 0 bridgehead atoms. The van der Waals surface area contributed by atoms with Crippen LogP contribution in [-0.4, -0.2) is 12.0 Å². The lowest BCUT2D eigenvalue weighted by atomic mass is 9.88. The van der Waals surface area contributed by atoms with Crippen LogP contribution in [0, 0.1) is 5.92 Å². The second-order valence-electron chi connectivity index (χ2n) is 4.89. The van der Waals surface area contributed by atoms with Gasteiger partial charge in [0.15, 0.2) is 0 Å². The molecule has 1 N–H and O–H groups in total. The molecule has 2 atom stereocenters. The number of amides is 1. The topological polar surface area (TPSA) is 38.3 Å². The molecule has 100 valence electrons. The first-order chi connectivity index (χ1) is 9.63. The van der Waals surface area contributed by atoms with Gasteiger partial charge in [-0.25, -0.2) is 0 Å². The number of halogens is 2. The maximum atomic E-state index is 12.2. The summed E-state index contributed by atoms with van der Waals surface area (Å²) in [7, 11) is 0. The average molecular weight is 306 g/mol. The summed E-state index contributed by atoms with van der Waals surface area (Å²) in [5, 5.41) is 4.08. The number of hydrogen-bond acceptors (Lipinski definition) is 2. The van der Waals surface area contributed by atoms with Crippen LogP contribution in [0.25, 0.3) is 0 Å². The zero-order chi connectivity index (χ0) is 13.9. The van der Waals surface area contributed by atoms with Crippen molar-refractivity contribution in [3.05, 3.63) is 69.1 Å². The smallest absolute Gasteiger partial charge is 0.236 e. The lowest BCUT2D eigenvalue weighted by molar-refractivity contribution is -0.122. The van der Waals surface area contributed by atoms with Gasteiger partial charge in [-0.2, -0.15) is 0 Å². The minimum absolute atomic E-state index is 0.0999. The maximum absolute atomic E-state index is 12.2. The average Bonchev–Trinajstić information content (AvgIpc) is 2.77. The highest BCUT2D eigenvalue weighted by Crippen LogP contribution is 2.42. The highest BCUT2D eigenvalue weighted by atomic mass is 35.5. The number of allylic oxidation sites excluding steroid dienone is 5. The van der Waals surface area contributed by atoms with Gasteiger partial charge in [-0.3, -0.25) is 4.79 Å². The van der Waals surface area contributed by atoms with Crippen molar-refractivity contribution in [2.75, 3.05) is 0 Å². The van der Waals surface area contributed by atoms with Crippen LogP contribution in [0.2, 0.25) is 0 Å². The van der Waals surface area contributed by atoms with Crippen LogP contribution < -0.4 is 5.32 Å². The van der Waals surface area contributed by atoms with Crippen LogP contribution >= 0.6 is 23.2 Å². The second kappa shape index (κ2) is 4.14. The van der Waals surface area contributed by atoms with Gasteiger partial charge in [-0.1, -0.05) is 29.3 Å². The Morgan fingerprint density at radius 3 is 2.80 bits per heavy atom. The summed E-state index contributed by atoms with van der Waals surface area (Å²) < 4.78 is 5.95. The quantitative estimate of drug-likeness (QED) is 0.747. The van der Waals surface area contributed by atoms with Gasteiger partial charge in [0.05, 0.1) is 11.6 Å².